The average Bonchev–Trinajstić information content (AvgIpc) is 2.95. The molecule has 0 atom stereocenters. The molecule has 1 heterocycles. The van der Waals surface area contributed by atoms with Crippen molar-refractivity contribution in [3.05, 3.63) is 61.9 Å². The minimum Gasteiger partial charge on any atom is -0.497 e. The van der Waals surface area contributed by atoms with Crippen molar-refractivity contribution in [2.24, 2.45) is 0 Å². The second-order valence-electron chi connectivity index (χ2n) is 5.23. The number of carbonyl (C=O) groups excluding carboxylic acids is 2. The molecule has 4 nitrogen and oxygen atoms in total. The predicted octanol–water partition coefficient (Wildman–Crippen LogP) is 5.91. The quantitative estimate of drug-likeness (QED) is 0.374. The lowest BCUT2D eigenvalue weighted by atomic mass is 10.1. The summed E-state index contributed by atoms with van der Waals surface area (Å²) < 4.78 is 11.1. The minimum atomic E-state index is -0.673. The fraction of sp³-hybridized carbons (Fsp3) is 0.111. The number of hydrogen-bond acceptors (Lipinski definition) is 5. The number of methoxy groups -OCH3 is 1. The highest BCUT2D eigenvalue weighted by Crippen LogP contribution is 2.37. The third kappa shape index (κ3) is 3.81. The van der Waals surface area contributed by atoms with Crippen LogP contribution >= 0.6 is 46.1 Å². The van der Waals surface area contributed by atoms with Gasteiger partial charge in [0.2, 0.25) is 5.78 Å². The van der Waals surface area contributed by atoms with E-state index in [-0.39, 0.29) is 20.5 Å². The number of hydrogen-bond donors (Lipinski definition) is 0. The van der Waals surface area contributed by atoms with E-state index in [0.717, 1.165) is 10.1 Å². The third-order valence-electron chi connectivity index (χ3n) is 3.59. The Labute approximate surface area is 168 Å². The van der Waals surface area contributed by atoms with E-state index < -0.39 is 18.4 Å². The van der Waals surface area contributed by atoms with E-state index in [9.17, 15) is 9.59 Å². The van der Waals surface area contributed by atoms with Crippen LogP contribution in [0.4, 0.5) is 0 Å². The Morgan fingerprint density at radius 3 is 2.54 bits per heavy atom. The first-order valence-electron chi connectivity index (χ1n) is 7.32. The fourth-order valence-corrected chi connectivity index (χ4v) is 4.24. The monoisotopic (exact) mass is 428 g/mol. The molecule has 8 heteroatoms. The Balaban J connectivity index is 1.76. The maximum Gasteiger partial charge on any atom is 0.350 e. The van der Waals surface area contributed by atoms with Crippen LogP contribution in [-0.4, -0.2) is 25.5 Å². The van der Waals surface area contributed by atoms with Gasteiger partial charge in [0, 0.05) is 20.7 Å². The van der Waals surface area contributed by atoms with Crippen LogP contribution in [-0.2, 0) is 4.74 Å². The number of carbonyl (C=O) groups is 2. The molecule has 0 saturated heterocycles. The number of halogens is 3. The number of thiophene rings is 1. The Bertz CT molecular complexity index is 1010. The molecule has 0 aliphatic rings. The smallest absolute Gasteiger partial charge is 0.350 e. The van der Waals surface area contributed by atoms with Crippen LogP contribution in [0.15, 0.2) is 36.4 Å². The SMILES string of the molecule is COc1ccc2c(Cl)c(C(=O)OCC(=O)c3ccc(Cl)cc3Cl)sc2c1. The van der Waals surface area contributed by atoms with Gasteiger partial charge < -0.3 is 9.47 Å². The van der Waals surface area contributed by atoms with Gasteiger partial charge in [0.15, 0.2) is 6.61 Å². The van der Waals surface area contributed by atoms with Gasteiger partial charge in [0.1, 0.15) is 10.6 Å². The summed E-state index contributed by atoms with van der Waals surface area (Å²) in [6.07, 6.45) is 0. The van der Waals surface area contributed by atoms with E-state index in [1.165, 1.54) is 23.5 Å². The highest BCUT2D eigenvalue weighted by Gasteiger charge is 2.21. The molecule has 0 saturated carbocycles. The van der Waals surface area contributed by atoms with Crippen LogP contribution in [0, 0.1) is 0 Å². The second-order valence-corrected chi connectivity index (χ2v) is 7.50. The van der Waals surface area contributed by atoms with Crippen molar-refractivity contribution in [1.82, 2.24) is 0 Å². The van der Waals surface area contributed by atoms with E-state index in [0.29, 0.717) is 10.8 Å². The average molecular weight is 430 g/mol. The summed E-state index contributed by atoms with van der Waals surface area (Å²) in [7, 11) is 1.55. The molecule has 0 amide bonds. The summed E-state index contributed by atoms with van der Waals surface area (Å²) in [6, 6.07) is 9.78. The molecule has 26 heavy (non-hydrogen) atoms. The van der Waals surface area contributed by atoms with Crippen LogP contribution < -0.4 is 4.74 Å². The normalized spacial score (nSPS) is 10.8. The maximum absolute atomic E-state index is 12.3. The predicted molar refractivity (Wildman–Crippen MR) is 104 cm³/mol. The molecule has 1 aromatic heterocycles. The maximum atomic E-state index is 12.3. The largest absolute Gasteiger partial charge is 0.497 e. The standard InChI is InChI=1S/C18H11Cl3O4S/c1-24-10-3-5-12-15(7-10)26-17(16(12)21)18(23)25-8-14(22)11-4-2-9(19)6-13(11)20/h2-7H,8H2,1H3. The topological polar surface area (TPSA) is 52.6 Å². The van der Waals surface area contributed by atoms with Crippen molar-refractivity contribution in [3.63, 3.8) is 0 Å². The number of Topliss-reactive ketones (excluding diaryl/α,β-unsaturated/α-hetero) is 1. The van der Waals surface area contributed by atoms with Crippen molar-refractivity contribution < 1.29 is 19.1 Å². The molecule has 0 bridgehead atoms. The summed E-state index contributed by atoms with van der Waals surface area (Å²) in [5.41, 5.74) is 0.232. The summed E-state index contributed by atoms with van der Waals surface area (Å²) in [5, 5.41) is 1.62. The first kappa shape index (κ1) is 19.0. The first-order chi connectivity index (χ1) is 12.4. The number of esters is 1. The van der Waals surface area contributed by atoms with Crippen LogP contribution in [0.5, 0.6) is 5.75 Å². The number of rotatable bonds is 5. The lowest BCUT2D eigenvalue weighted by Crippen LogP contribution is -2.14. The van der Waals surface area contributed by atoms with Crippen molar-refractivity contribution in [1.29, 1.82) is 0 Å². The van der Waals surface area contributed by atoms with Crippen LogP contribution in [0.1, 0.15) is 20.0 Å². The molecule has 0 radical (unpaired) electrons. The summed E-state index contributed by atoms with van der Waals surface area (Å²) in [4.78, 5) is 24.8. The van der Waals surface area contributed by atoms with Crippen molar-refractivity contribution in [2.45, 2.75) is 0 Å². The fourth-order valence-electron chi connectivity index (χ4n) is 2.29. The second kappa shape index (κ2) is 7.84. The van der Waals surface area contributed by atoms with Gasteiger partial charge in [-0.3, -0.25) is 4.79 Å². The number of benzene rings is 2. The van der Waals surface area contributed by atoms with E-state index in [1.807, 2.05) is 0 Å². The van der Waals surface area contributed by atoms with E-state index in [1.54, 1.807) is 31.4 Å². The van der Waals surface area contributed by atoms with Gasteiger partial charge in [0.05, 0.1) is 17.2 Å². The first-order valence-corrected chi connectivity index (χ1v) is 9.27. The van der Waals surface area contributed by atoms with Crippen LogP contribution in [0.25, 0.3) is 10.1 Å². The summed E-state index contributed by atoms with van der Waals surface area (Å²) >= 11 is 19.2. The molecule has 3 aromatic rings. The third-order valence-corrected chi connectivity index (χ3v) is 5.77. The zero-order valence-corrected chi connectivity index (χ0v) is 16.4. The molecule has 2 aromatic carbocycles. The molecular weight excluding hydrogens is 419 g/mol. The Kier molecular flexibility index (Phi) is 5.73. The zero-order valence-electron chi connectivity index (χ0n) is 13.3. The van der Waals surface area contributed by atoms with E-state index in [4.69, 9.17) is 44.3 Å². The van der Waals surface area contributed by atoms with Crippen LogP contribution in [0.3, 0.4) is 0 Å². The van der Waals surface area contributed by atoms with E-state index in [2.05, 4.69) is 0 Å². The van der Waals surface area contributed by atoms with Gasteiger partial charge >= 0.3 is 5.97 Å². The van der Waals surface area contributed by atoms with Gasteiger partial charge in [-0.25, -0.2) is 4.79 Å². The van der Waals surface area contributed by atoms with Gasteiger partial charge in [-0.2, -0.15) is 0 Å². The highest BCUT2D eigenvalue weighted by molar-refractivity contribution is 7.21. The molecule has 0 aliphatic heterocycles. The van der Waals surface area contributed by atoms with Gasteiger partial charge in [0.25, 0.3) is 0 Å². The molecule has 0 N–H and O–H groups in total. The van der Waals surface area contributed by atoms with Crippen molar-refractivity contribution in [2.75, 3.05) is 13.7 Å². The number of fused-ring (bicyclic) bond motifs is 1. The molecular formula is C18H11Cl3O4S. The Hall–Kier alpha value is -1.79. The van der Waals surface area contributed by atoms with E-state index >= 15 is 0 Å². The van der Waals surface area contributed by atoms with Gasteiger partial charge in [-0.05, 0) is 36.4 Å². The minimum absolute atomic E-state index is 0.200. The Morgan fingerprint density at radius 1 is 1.08 bits per heavy atom. The molecule has 134 valence electrons. The molecule has 0 aliphatic carbocycles. The van der Waals surface area contributed by atoms with Gasteiger partial charge in [-0.1, -0.05) is 34.8 Å². The summed E-state index contributed by atoms with van der Waals surface area (Å²) in [6.45, 7) is -0.450. The molecule has 0 spiro atoms. The Morgan fingerprint density at radius 2 is 1.85 bits per heavy atom. The van der Waals surface area contributed by atoms with Crippen molar-refractivity contribution in [3.8, 4) is 5.75 Å². The molecule has 3 rings (SSSR count). The zero-order chi connectivity index (χ0) is 18.8. The van der Waals surface area contributed by atoms with Crippen LogP contribution in [0.2, 0.25) is 15.1 Å². The van der Waals surface area contributed by atoms with Gasteiger partial charge in [-0.15, -0.1) is 11.3 Å². The highest BCUT2D eigenvalue weighted by atomic mass is 35.5. The number of ether oxygens (including phenoxy) is 2. The molecule has 0 fully saturated rings. The van der Waals surface area contributed by atoms with Crippen molar-refractivity contribution >= 4 is 68.0 Å². The lowest BCUT2D eigenvalue weighted by molar-refractivity contribution is 0.0480. The lowest BCUT2D eigenvalue weighted by Gasteiger charge is -2.05. The molecule has 0 unspecified atom stereocenters. The summed E-state index contributed by atoms with van der Waals surface area (Å²) in [5.74, 6) is -0.449. The number of ketones is 1.